The van der Waals surface area contributed by atoms with Crippen LogP contribution in [0.4, 0.5) is 0 Å². The molecule has 30 heavy (non-hydrogen) atoms. The van der Waals surface area contributed by atoms with E-state index in [4.69, 9.17) is 16.6 Å². The zero-order valence-electron chi connectivity index (χ0n) is 17.1. The molecular weight excluding hydrogens is 418 g/mol. The first-order chi connectivity index (χ1) is 13.8. The van der Waals surface area contributed by atoms with E-state index in [0.29, 0.717) is 6.42 Å². The normalized spacial score (nSPS) is 16.9. The predicted octanol–water partition coefficient (Wildman–Crippen LogP) is -2.92. The summed E-state index contributed by atoms with van der Waals surface area (Å²) < 4.78 is 0. The van der Waals surface area contributed by atoms with Gasteiger partial charge < -0.3 is 37.6 Å². The Bertz CT molecular complexity index is 646. The van der Waals surface area contributed by atoms with Crippen molar-refractivity contribution in [1.82, 2.24) is 16.0 Å². The number of hydrogen-bond acceptors (Lipinski definition) is 8. The highest BCUT2D eigenvalue weighted by Crippen LogP contribution is 2.10. The van der Waals surface area contributed by atoms with Crippen molar-refractivity contribution in [1.29, 1.82) is 0 Å². The number of hydrogen-bond donors (Lipinski definition) is 8. The summed E-state index contributed by atoms with van der Waals surface area (Å²) in [5.74, 6) is -5.31. The van der Waals surface area contributed by atoms with Gasteiger partial charge in [0.1, 0.15) is 24.2 Å². The van der Waals surface area contributed by atoms with Crippen LogP contribution in [0.15, 0.2) is 0 Å². The number of aliphatic hydroxyl groups excluding tert-OH is 1. The van der Waals surface area contributed by atoms with Gasteiger partial charge in [0.2, 0.25) is 23.6 Å². The Hall–Kier alpha value is -2.38. The number of primary amides is 1. The molecule has 172 valence electrons. The van der Waals surface area contributed by atoms with Crippen LogP contribution in [0.2, 0.25) is 0 Å². The molecule has 0 aromatic rings. The van der Waals surface area contributed by atoms with E-state index >= 15 is 0 Å². The molecule has 0 aromatic heterocycles. The molecule has 0 aromatic carbocycles. The van der Waals surface area contributed by atoms with Crippen molar-refractivity contribution >= 4 is 42.2 Å². The molecule has 4 amide bonds. The van der Waals surface area contributed by atoms with E-state index in [2.05, 4.69) is 28.6 Å². The number of nitrogens with two attached hydrogens (primary N) is 2. The second-order valence-electron chi connectivity index (χ2n) is 6.95. The van der Waals surface area contributed by atoms with Crippen molar-refractivity contribution in [2.24, 2.45) is 17.4 Å². The fourth-order valence-electron chi connectivity index (χ4n) is 2.30. The Balaban J connectivity index is 5.51. The maximum absolute atomic E-state index is 12.7. The van der Waals surface area contributed by atoms with Crippen LogP contribution in [0.1, 0.15) is 33.6 Å². The third kappa shape index (κ3) is 8.97. The van der Waals surface area contributed by atoms with Crippen molar-refractivity contribution in [2.45, 2.75) is 63.9 Å². The number of nitrogens with one attached hydrogen (secondary N) is 3. The summed E-state index contributed by atoms with van der Waals surface area (Å²) in [5.41, 5.74) is 10.7. The minimum absolute atomic E-state index is 0.167. The molecule has 9 N–H and O–H groups in total. The number of carboxylic acid groups (broad SMARTS) is 1. The third-order valence-electron chi connectivity index (χ3n) is 4.45. The molecule has 0 rings (SSSR count). The van der Waals surface area contributed by atoms with Crippen molar-refractivity contribution in [2.75, 3.05) is 5.75 Å². The lowest BCUT2D eigenvalue weighted by Crippen LogP contribution is -2.60. The summed E-state index contributed by atoms with van der Waals surface area (Å²) >= 11 is 3.87. The van der Waals surface area contributed by atoms with E-state index in [1.54, 1.807) is 13.8 Å². The topological polar surface area (TPSA) is 214 Å². The van der Waals surface area contributed by atoms with Gasteiger partial charge >= 0.3 is 5.97 Å². The summed E-state index contributed by atoms with van der Waals surface area (Å²) in [6, 6.07) is -5.22. The van der Waals surface area contributed by atoms with Gasteiger partial charge in [-0.3, -0.25) is 19.2 Å². The van der Waals surface area contributed by atoms with Gasteiger partial charge in [-0.05, 0) is 12.8 Å². The molecule has 6 atom stereocenters. The molecule has 0 spiro atoms. The Kier molecular flexibility index (Phi) is 12.0. The van der Waals surface area contributed by atoms with E-state index in [9.17, 15) is 29.1 Å². The number of thiol groups is 1. The number of aliphatic hydroxyl groups is 1. The van der Waals surface area contributed by atoms with Crippen molar-refractivity contribution < 1.29 is 34.2 Å². The summed E-state index contributed by atoms with van der Waals surface area (Å²) in [6.45, 7) is 4.69. The summed E-state index contributed by atoms with van der Waals surface area (Å²) in [6.07, 6.45) is -1.33. The number of carboxylic acids is 1. The molecule has 0 aliphatic heterocycles. The molecule has 0 aliphatic carbocycles. The SMILES string of the molecule is CCC(C)C(NC(=O)C(CC(N)=O)NC(=O)C(N)C(C)O)C(=O)NC(CS)C(=O)O. The van der Waals surface area contributed by atoms with Crippen LogP contribution in [-0.2, 0) is 24.0 Å². The average molecular weight is 450 g/mol. The number of carbonyl (C=O) groups excluding carboxylic acids is 4. The Labute approximate surface area is 179 Å². The van der Waals surface area contributed by atoms with Crippen molar-refractivity contribution in [3.63, 3.8) is 0 Å². The molecule has 0 saturated heterocycles. The maximum Gasteiger partial charge on any atom is 0.327 e. The molecule has 6 unspecified atom stereocenters. The smallest absolute Gasteiger partial charge is 0.327 e. The summed E-state index contributed by atoms with van der Waals surface area (Å²) in [5, 5.41) is 25.4. The zero-order valence-corrected chi connectivity index (χ0v) is 18.0. The minimum atomic E-state index is -1.45. The molecule has 0 fully saturated rings. The van der Waals surface area contributed by atoms with E-state index in [0.717, 1.165) is 0 Å². The Morgan fingerprint density at radius 3 is 1.90 bits per heavy atom. The van der Waals surface area contributed by atoms with Gasteiger partial charge in [0.05, 0.1) is 12.5 Å². The standard InChI is InChI=1S/C17H31N5O7S/c1-4-7(2)13(16(27)21-10(6-30)17(28)29)22-14(25)9(5-11(18)24)20-15(26)12(19)8(3)23/h7-10,12-13,23,30H,4-6,19H2,1-3H3,(H2,18,24)(H,20,26)(H,21,27)(H,22,25)(H,28,29). The van der Waals surface area contributed by atoms with Gasteiger partial charge in [-0.1, -0.05) is 20.3 Å². The molecule has 0 radical (unpaired) electrons. The number of carbonyl (C=O) groups is 5. The van der Waals surface area contributed by atoms with Crippen molar-refractivity contribution in [3.05, 3.63) is 0 Å². The first-order valence-corrected chi connectivity index (χ1v) is 9.95. The molecule has 0 aliphatic rings. The zero-order chi connectivity index (χ0) is 23.6. The summed E-state index contributed by atoms with van der Waals surface area (Å²) in [4.78, 5) is 59.8. The molecule has 12 nitrogen and oxygen atoms in total. The summed E-state index contributed by atoms with van der Waals surface area (Å²) in [7, 11) is 0. The van der Waals surface area contributed by atoms with Crippen LogP contribution >= 0.6 is 12.6 Å². The molecule has 13 heteroatoms. The van der Waals surface area contributed by atoms with E-state index in [-0.39, 0.29) is 5.75 Å². The van der Waals surface area contributed by atoms with Crippen LogP contribution in [0.5, 0.6) is 0 Å². The third-order valence-corrected chi connectivity index (χ3v) is 4.82. The molecule has 0 saturated carbocycles. The highest BCUT2D eigenvalue weighted by Gasteiger charge is 2.33. The fourth-order valence-corrected chi connectivity index (χ4v) is 2.55. The molecule has 0 bridgehead atoms. The van der Waals surface area contributed by atoms with Gasteiger partial charge in [-0.15, -0.1) is 0 Å². The van der Waals surface area contributed by atoms with Gasteiger partial charge in [0, 0.05) is 5.75 Å². The highest BCUT2D eigenvalue weighted by molar-refractivity contribution is 7.80. The van der Waals surface area contributed by atoms with E-state index in [1.807, 2.05) is 0 Å². The van der Waals surface area contributed by atoms with Gasteiger partial charge in [0.15, 0.2) is 0 Å². The first kappa shape index (κ1) is 27.6. The number of rotatable bonds is 13. The molecule has 0 heterocycles. The van der Waals surface area contributed by atoms with Crippen LogP contribution in [0.25, 0.3) is 0 Å². The van der Waals surface area contributed by atoms with E-state index < -0.39 is 72.2 Å². The van der Waals surface area contributed by atoms with Crippen LogP contribution in [0.3, 0.4) is 0 Å². The van der Waals surface area contributed by atoms with Gasteiger partial charge in [-0.2, -0.15) is 12.6 Å². The fraction of sp³-hybridized carbons (Fsp3) is 0.706. The Morgan fingerprint density at radius 1 is 0.967 bits per heavy atom. The first-order valence-electron chi connectivity index (χ1n) is 9.32. The quantitative estimate of drug-likeness (QED) is 0.136. The largest absolute Gasteiger partial charge is 0.480 e. The van der Waals surface area contributed by atoms with Gasteiger partial charge in [-0.25, -0.2) is 4.79 Å². The lowest BCUT2D eigenvalue weighted by Gasteiger charge is -2.27. The second-order valence-corrected chi connectivity index (χ2v) is 7.32. The number of amides is 4. The van der Waals surface area contributed by atoms with Gasteiger partial charge in [0.25, 0.3) is 0 Å². The minimum Gasteiger partial charge on any atom is -0.480 e. The second kappa shape index (κ2) is 13.0. The molecular formula is C17H31N5O7S. The van der Waals surface area contributed by atoms with E-state index in [1.165, 1.54) is 6.92 Å². The average Bonchev–Trinajstić information content (AvgIpc) is 2.67. The Morgan fingerprint density at radius 2 is 1.50 bits per heavy atom. The van der Waals surface area contributed by atoms with Crippen LogP contribution < -0.4 is 27.4 Å². The van der Waals surface area contributed by atoms with Crippen LogP contribution in [-0.4, -0.2) is 75.8 Å². The van der Waals surface area contributed by atoms with Crippen molar-refractivity contribution in [3.8, 4) is 0 Å². The number of aliphatic carboxylic acids is 1. The predicted molar refractivity (Wildman–Crippen MR) is 110 cm³/mol. The monoisotopic (exact) mass is 449 g/mol. The highest BCUT2D eigenvalue weighted by atomic mass is 32.1. The lowest BCUT2D eigenvalue weighted by atomic mass is 9.97. The maximum atomic E-state index is 12.7. The lowest BCUT2D eigenvalue weighted by molar-refractivity contribution is -0.142. The van der Waals surface area contributed by atoms with Crippen LogP contribution in [0, 0.1) is 5.92 Å².